The van der Waals surface area contributed by atoms with Crippen LogP contribution in [0.1, 0.15) is 68.3 Å². The van der Waals surface area contributed by atoms with Gasteiger partial charge in [-0.05, 0) is 87.3 Å². The van der Waals surface area contributed by atoms with Gasteiger partial charge in [0.05, 0.1) is 16.5 Å². The fourth-order valence-corrected chi connectivity index (χ4v) is 6.26. The van der Waals surface area contributed by atoms with Crippen LogP contribution in [0.3, 0.4) is 0 Å². The van der Waals surface area contributed by atoms with Gasteiger partial charge in [0.1, 0.15) is 5.60 Å². The molecule has 0 aromatic heterocycles. The number of nitrogens with one attached hydrogen (secondary N) is 1. The lowest BCUT2D eigenvalue weighted by Crippen LogP contribution is -2.51. The summed E-state index contributed by atoms with van der Waals surface area (Å²) in [5.74, 6) is -1.00. The number of nitrogens with zero attached hydrogens (tertiary/aromatic N) is 2. The number of carbonyl (C=O) groups excluding carboxylic acids is 3. The van der Waals surface area contributed by atoms with Crippen molar-refractivity contribution in [1.82, 2.24) is 10.2 Å². The van der Waals surface area contributed by atoms with E-state index in [2.05, 4.69) is 35.6 Å². The van der Waals surface area contributed by atoms with Crippen LogP contribution in [0.15, 0.2) is 72.8 Å². The molecule has 0 bridgehead atoms. The maximum absolute atomic E-state index is 14.8. The van der Waals surface area contributed by atoms with Crippen LogP contribution in [-0.4, -0.2) is 67.8 Å². The Kier molecular flexibility index (Phi) is 10.7. The SMILES string of the molecule is COCCCNC(=O)c1cc(N(C(=O)[C@H]2CN(C(=O)OC(C)(C)C)CC[C@@H]2c2cccc(-c3ccccc3)c2)C2CC2)ccc1Cl. The first kappa shape index (κ1) is 33.5. The van der Waals surface area contributed by atoms with Gasteiger partial charge >= 0.3 is 6.09 Å². The molecule has 46 heavy (non-hydrogen) atoms. The topological polar surface area (TPSA) is 88.2 Å². The van der Waals surface area contributed by atoms with Crippen LogP contribution in [0, 0.1) is 5.92 Å². The van der Waals surface area contributed by atoms with E-state index in [0.717, 1.165) is 29.5 Å². The van der Waals surface area contributed by atoms with Crippen LogP contribution in [0.2, 0.25) is 5.02 Å². The van der Waals surface area contributed by atoms with Crippen LogP contribution < -0.4 is 10.2 Å². The number of hydrogen-bond donors (Lipinski definition) is 1. The Balaban J connectivity index is 1.47. The number of piperidine rings is 1. The Hall–Kier alpha value is -3.88. The molecule has 2 aliphatic rings. The van der Waals surface area contributed by atoms with E-state index in [1.807, 2.05) is 49.9 Å². The first-order valence-corrected chi connectivity index (χ1v) is 16.5. The minimum absolute atomic E-state index is 0.0134. The summed E-state index contributed by atoms with van der Waals surface area (Å²) in [5, 5.41) is 3.22. The summed E-state index contributed by atoms with van der Waals surface area (Å²) in [4.78, 5) is 44.6. The second-order valence-electron chi connectivity index (χ2n) is 13.1. The maximum Gasteiger partial charge on any atom is 0.410 e. The zero-order chi connectivity index (χ0) is 32.8. The molecular weight excluding hydrogens is 602 g/mol. The van der Waals surface area contributed by atoms with E-state index in [4.69, 9.17) is 21.1 Å². The quantitative estimate of drug-likeness (QED) is 0.234. The molecule has 1 aliphatic heterocycles. The van der Waals surface area contributed by atoms with Gasteiger partial charge in [-0.15, -0.1) is 0 Å². The highest BCUT2D eigenvalue weighted by molar-refractivity contribution is 6.34. The largest absolute Gasteiger partial charge is 0.444 e. The van der Waals surface area contributed by atoms with Crippen LogP contribution in [0.5, 0.6) is 0 Å². The molecule has 0 unspecified atom stereocenters. The van der Waals surface area contributed by atoms with Crippen molar-refractivity contribution in [2.45, 2.75) is 64.0 Å². The first-order chi connectivity index (χ1) is 22.1. The molecule has 3 aromatic rings. The number of carbonyl (C=O) groups is 3. The molecule has 1 aliphatic carbocycles. The van der Waals surface area contributed by atoms with Gasteiger partial charge < -0.3 is 24.6 Å². The maximum atomic E-state index is 14.8. The molecule has 8 nitrogen and oxygen atoms in total. The predicted molar refractivity (Wildman–Crippen MR) is 181 cm³/mol. The number of anilines is 1. The molecule has 2 fully saturated rings. The highest BCUT2D eigenvalue weighted by Gasteiger charge is 2.44. The molecular formula is C37H44ClN3O5. The predicted octanol–water partition coefficient (Wildman–Crippen LogP) is 7.31. The van der Waals surface area contributed by atoms with Crippen LogP contribution in [0.25, 0.3) is 11.1 Å². The van der Waals surface area contributed by atoms with Crippen LogP contribution >= 0.6 is 11.6 Å². The van der Waals surface area contributed by atoms with Gasteiger partial charge in [-0.2, -0.15) is 0 Å². The Labute approximate surface area is 277 Å². The Morgan fingerprint density at radius 2 is 1.70 bits per heavy atom. The van der Waals surface area contributed by atoms with Gasteiger partial charge in [0.2, 0.25) is 5.91 Å². The Bertz CT molecular complexity index is 1540. The second kappa shape index (κ2) is 14.7. The van der Waals surface area contributed by atoms with Gasteiger partial charge in [-0.3, -0.25) is 9.59 Å². The van der Waals surface area contributed by atoms with Crippen molar-refractivity contribution < 1.29 is 23.9 Å². The summed E-state index contributed by atoms with van der Waals surface area (Å²) in [6.07, 6.45) is 2.60. The third-order valence-electron chi connectivity index (χ3n) is 8.44. The van der Waals surface area contributed by atoms with E-state index >= 15 is 0 Å². The second-order valence-corrected chi connectivity index (χ2v) is 13.5. The summed E-state index contributed by atoms with van der Waals surface area (Å²) in [5.41, 5.74) is 3.54. The lowest BCUT2D eigenvalue weighted by atomic mass is 9.78. The van der Waals surface area contributed by atoms with Crippen LogP contribution in [-0.2, 0) is 14.3 Å². The molecule has 244 valence electrons. The monoisotopic (exact) mass is 645 g/mol. The Morgan fingerprint density at radius 3 is 2.39 bits per heavy atom. The number of likely N-dealkylation sites (tertiary alicyclic amines) is 1. The van der Waals surface area contributed by atoms with Crippen molar-refractivity contribution in [3.05, 3.63) is 88.9 Å². The van der Waals surface area contributed by atoms with E-state index in [9.17, 15) is 14.4 Å². The zero-order valence-corrected chi connectivity index (χ0v) is 27.9. The molecule has 0 spiro atoms. The highest BCUT2D eigenvalue weighted by atomic mass is 35.5. The van der Waals surface area contributed by atoms with Crippen molar-refractivity contribution in [2.24, 2.45) is 5.92 Å². The van der Waals surface area contributed by atoms with E-state index in [1.165, 1.54) is 0 Å². The minimum atomic E-state index is -0.651. The Morgan fingerprint density at radius 1 is 0.957 bits per heavy atom. The van der Waals surface area contributed by atoms with E-state index in [1.54, 1.807) is 30.2 Å². The average molecular weight is 646 g/mol. The summed E-state index contributed by atoms with van der Waals surface area (Å²) in [6.45, 7) is 7.23. The first-order valence-electron chi connectivity index (χ1n) is 16.1. The van der Waals surface area contributed by atoms with Crippen molar-refractivity contribution in [1.29, 1.82) is 0 Å². The molecule has 9 heteroatoms. The molecule has 1 heterocycles. The normalized spacial score (nSPS) is 18.2. The van der Waals surface area contributed by atoms with Gasteiger partial charge in [-0.25, -0.2) is 4.79 Å². The minimum Gasteiger partial charge on any atom is -0.444 e. The number of halogens is 1. The molecule has 0 radical (unpaired) electrons. The van der Waals surface area contributed by atoms with Crippen molar-refractivity contribution >= 4 is 35.2 Å². The number of benzene rings is 3. The summed E-state index contributed by atoms with van der Waals surface area (Å²) >= 11 is 6.49. The van der Waals surface area contributed by atoms with Gasteiger partial charge in [-0.1, -0.05) is 66.2 Å². The number of rotatable bonds is 10. The van der Waals surface area contributed by atoms with Gasteiger partial charge in [0, 0.05) is 45.1 Å². The number of methoxy groups -OCH3 is 1. The van der Waals surface area contributed by atoms with Gasteiger partial charge in [0.15, 0.2) is 0 Å². The van der Waals surface area contributed by atoms with Crippen LogP contribution in [0.4, 0.5) is 10.5 Å². The van der Waals surface area contributed by atoms with Crippen molar-refractivity contribution in [3.63, 3.8) is 0 Å². The third kappa shape index (κ3) is 8.28. The highest BCUT2D eigenvalue weighted by Crippen LogP contribution is 2.41. The summed E-state index contributed by atoms with van der Waals surface area (Å²) < 4.78 is 10.8. The number of amides is 3. The molecule has 5 rings (SSSR count). The molecule has 2 atom stereocenters. The zero-order valence-electron chi connectivity index (χ0n) is 27.1. The molecule has 3 aromatic carbocycles. The van der Waals surface area contributed by atoms with E-state index in [-0.39, 0.29) is 30.3 Å². The third-order valence-corrected chi connectivity index (χ3v) is 8.77. The molecule has 1 saturated heterocycles. The van der Waals surface area contributed by atoms with E-state index in [0.29, 0.717) is 48.8 Å². The van der Waals surface area contributed by atoms with Crippen molar-refractivity contribution in [3.8, 4) is 11.1 Å². The summed E-state index contributed by atoms with van der Waals surface area (Å²) in [7, 11) is 1.62. The van der Waals surface area contributed by atoms with Crippen molar-refractivity contribution in [2.75, 3.05) is 38.3 Å². The lowest BCUT2D eigenvalue weighted by Gasteiger charge is -2.40. The molecule has 3 amide bonds. The van der Waals surface area contributed by atoms with E-state index < -0.39 is 17.6 Å². The molecule has 1 N–H and O–H groups in total. The average Bonchev–Trinajstić information content (AvgIpc) is 3.88. The molecule has 1 saturated carbocycles. The summed E-state index contributed by atoms with van der Waals surface area (Å²) in [6, 6.07) is 23.8. The standard InChI is InChI=1S/C37H44ClN3O5/c1-37(2,3)46-36(44)40-20-18-30(27-13-8-12-26(22-27)25-10-6-5-7-11-25)32(24-40)35(43)41(28-14-15-28)29-16-17-33(38)31(23-29)34(42)39-19-9-21-45-4/h5-8,10-13,16-17,22-23,28,30,32H,9,14-15,18-21,24H2,1-4H3,(H,39,42)/t30-,32+/m1/s1. The fourth-order valence-electron chi connectivity index (χ4n) is 6.05. The lowest BCUT2D eigenvalue weighted by molar-refractivity contribution is -0.124. The smallest absolute Gasteiger partial charge is 0.410 e. The van der Waals surface area contributed by atoms with Gasteiger partial charge in [0.25, 0.3) is 5.91 Å². The number of ether oxygens (including phenoxy) is 2. The number of hydrogen-bond acceptors (Lipinski definition) is 5. The fraction of sp³-hybridized carbons (Fsp3) is 0.432.